The Hall–Kier alpha value is -2.30. The molecule has 0 fully saturated rings. The number of carbonyl (C=O) groups is 1. The second-order valence-corrected chi connectivity index (χ2v) is 5.07. The van der Waals surface area contributed by atoms with E-state index in [1.807, 2.05) is 44.2 Å². The summed E-state index contributed by atoms with van der Waals surface area (Å²) < 4.78 is 5.14. The average Bonchev–Trinajstić information content (AvgIpc) is 3.02. The van der Waals surface area contributed by atoms with E-state index in [2.05, 4.69) is 10.2 Å². The molecule has 2 rings (SSSR count). The molecule has 2 aromatic rings. The molecule has 21 heavy (non-hydrogen) atoms. The predicted octanol–water partition coefficient (Wildman–Crippen LogP) is 3.09. The molecule has 0 radical (unpaired) electrons. The lowest BCUT2D eigenvalue weighted by atomic mass is 10.1. The molecule has 0 saturated carbocycles. The van der Waals surface area contributed by atoms with E-state index in [0.29, 0.717) is 5.82 Å². The second kappa shape index (κ2) is 6.43. The molecule has 0 aliphatic heterocycles. The van der Waals surface area contributed by atoms with Gasteiger partial charge in [-0.15, -0.1) is 0 Å². The highest BCUT2D eigenvalue weighted by Gasteiger charge is 2.19. The number of H-pyrrole nitrogens is 1. The van der Waals surface area contributed by atoms with Crippen LogP contribution in [0.25, 0.3) is 11.3 Å². The maximum Gasteiger partial charge on any atom is 0.230 e. The number of nitrogens with zero attached hydrogens (tertiary/aromatic N) is 2. The number of ether oxygens (including phenoxy) is 1. The van der Waals surface area contributed by atoms with E-state index in [0.717, 1.165) is 23.4 Å². The fourth-order valence-electron chi connectivity index (χ4n) is 2.02. The quantitative estimate of drug-likeness (QED) is 0.919. The number of rotatable bonds is 5. The molecule has 5 nitrogen and oxygen atoms in total. The summed E-state index contributed by atoms with van der Waals surface area (Å²) in [6.07, 6.45) is 0.818. The van der Waals surface area contributed by atoms with Gasteiger partial charge in [0.25, 0.3) is 0 Å². The Labute approximate surface area is 124 Å². The number of aromatic nitrogens is 2. The number of hydrogen-bond donors (Lipinski definition) is 1. The van der Waals surface area contributed by atoms with Crippen molar-refractivity contribution in [1.29, 1.82) is 0 Å². The van der Waals surface area contributed by atoms with Gasteiger partial charge in [-0.25, -0.2) is 0 Å². The van der Waals surface area contributed by atoms with E-state index in [9.17, 15) is 4.79 Å². The Morgan fingerprint density at radius 1 is 1.38 bits per heavy atom. The molecule has 5 heteroatoms. The number of anilines is 1. The zero-order chi connectivity index (χ0) is 15.4. The van der Waals surface area contributed by atoms with Crippen molar-refractivity contribution in [3.05, 3.63) is 30.3 Å². The molecule has 0 spiro atoms. The van der Waals surface area contributed by atoms with Crippen molar-refractivity contribution < 1.29 is 9.53 Å². The van der Waals surface area contributed by atoms with Gasteiger partial charge in [0.1, 0.15) is 5.75 Å². The molecule has 1 aromatic carbocycles. The Balaban J connectivity index is 2.18. The van der Waals surface area contributed by atoms with Gasteiger partial charge >= 0.3 is 0 Å². The Morgan fingerprint density at radius 3 is 2.62 bits per heavy atom. The number of benzene rings is 1. The fourth-order valence-corrected chi connectivity index (χ4v) is 2.02. The summed E-state index contributed by atoms with van der Waals surface area (Å²) in [4.78, 5) is 13.8. The summed E-state index contributed by atoms with van der Waals surface area (Å²) in [6.45, 7) is 3.93. The van der Waals surface area contributed by atoms with Crippen LogP contribution in [0.1, 0.15) is 20.3 Å². The first-order valence-electron chi connectivity index (χ1n) is 7.04. The van der Waals surface area contributed by atoms with E-state index in [-0.39, 0.29) is 11.8 Å². The molecular weight excluding hydrogens is 266 g/mol. The lowest BCUT2D eigenvalue weighted by Gasteiger charge is -2.17. The van der Waals surface area contributed by atoms with Gasteiger partial charge in [0.15, 0.2) is 5.82 Å². The highest BCUT2D eigenvalue weighted by Crippen LogP contribution is 2.24. The first kappa shape index (κ1) is 15.1. The minimum Gasteiger partial charge on any atom is -0.497 e. The number of carbonyl (C=O) groups excluding carboxylic acids is 1. The standard InChI is InChI=1S/C16H21N3O2/c1-5-11(2)16(20)19(3)15-10-14(17-18-15)12-6-8-13(21-4)9-7-12/h6-11H,5H2,1-4H3,(H,17,18). The van der Waals surface area contributed by atoms with E-state index < -0.39 is 0 Å². The van der Waals surface area contributed by atoms with Crippen molar-refractivity contribution in [1.82, 2.24) is 10.2 Å². The predicted molar refractivity (Wildman–Crippen MR) is 83.4 cm³/mol. The molecule has 1 atom stereocenters. The highest BCUT2D eigenvalue weighted by atomic mass is 16.5. The van der Waals surface area contributed by atoms with Crippen LogP contribution in [0.2, 0.25) is 0 Å². The van der Waals surface area contributed by atoms with Crippen LogP contribution >= 0.6 is 0 Å². The monoisotopic (exact) mass is 287 g/mol. The molecule has 0 bridgehead atoms. The number of aromatic amines is 1. The van der Waals surface area contributed by atoms with Crippen molar-refractivity contribution >= 4 is 11.7 Å². The van der Waals surface area contributed by atoms with Gasteiger partial charge in [-0.2, -0.15) is 5.10 Å². The lowest BCUT2D eigenvalue weighted by molar-refractivity contribution is -0.121. The minimum atomic E-state index is -0.00358. The largest absolute Gasteiger partial charge is 0.497 e. The zero-order valence-corrected chi connectivity index (χ0v) is 12.9. The third-order valence-electron chi connectivity index (χ3n) is 3.67. The van der Waals surface area contributed by atoms with Crippen LogP contribution in [0.3, 0.4) is 0 Å². The van der Waals surface area contributed by atoms with Gasteiger partial charge in [0.05, 0.1) is 12.8 Å². The normalized spacial score (nSPS) is 12.0. The Morgan fingerprint density at radius 2 is 2.05 bits per heavy atom. The topological polar surface area (TPSA) is 58.2 Å². The summed E-state index contributed by atoms with van der Waals surface area (Å²) >= 11 is 0. The smallest absolute Gasteiger partial charge is 0.230 e. The summed E-state index contributed by atoms with van der Waals surface area (Å²) in [5.41, 5.74) is 1.87. The molecule has 1 heterocycles. The molecule has 0 aliphatic carbocycles. The highest BCUT2D eigenvalue weighted by molar-refractivity contribution is 5.93. The molecule has 1 amide bonds. The SMILES string of the molecule is CCC(C)C(=O)N(C)c1cc(-c2ccc(OC)cc2)[nH]n1. The molecule has 1 unspecified atom stereocenters. The van der Waals surface area contributed by atoms with E-state index >= 15 is 0 Å². The van der Waals surface area contributed by atoms with Crippen molar-refractivity contribution in [3.63, 3.8) is 0 Å². The summed E-state index contributed by atoms with van der Waals surface area (Å²) in [5, 5.41) is 7.19. The third-order valence-corrected chi connectivity index (χ3v) is 3.67. The lowest BCUT2D eigenvalue weighted by Crippen LogP contribution is -2.31. The third kappa shape index (κ3) is 3.24. The van der Waals surface area contributed by atoms with Crippen LogP contribution in [-0.4, -0.2) is 30.3 Å². The van der Waals surface area contributed by atoms with Gasteiger partial charge < -0.3 is 4.74 Å². The van der Waals surface area contributed by atoms with Gasteiger partial charge in [-0.3, -0.25) is 14.8 Å². The fraction of sp³-hybridized carbons (Fsp3) is 0.375. The average molecular weight is 287 g/mol. The summed E-state index contributed by atoms with van der Waals surface area (Å²) in [5.74, 6) is 1.51. The molecule has 0 saturated heterocycles. The van der Waals surface area contributed by atoms with Crippen molar-refractivity contribution in [3.8, 4) is 17.0 Å². The van der Waals surface area contributed by atoms with Crippen LogP contribution in [-0.2, 0) is 4.79 Å². The van der Waals surface area contributed by atoms with Crippen LogP contribution in [0, 0.1) is 5.92 Å². The molecule has 112 valence electrons. The maximum atomic E-state index is 12.2. The number of methoxy groups -OCH3 is 1. The van der Waals surface area contributed by atoms with Crippen molar-refractivity contribution in [2.45, 2.75) is 20.3 Å². The molecular formula is C16H21N3O2. The van der Waals surface area contributed by atoms with Gasteiger partial charge in [-0.1, -0.05) is 13.8 Å². The number of hydrogen-bond acceptors (Lipinski definition) is 3. The molecule has 0 aliphatic rings. The van der Waals surface area contributed by atoms with Gasteiger partial charge in [0, 0.05) is 19.0 Å². The van der Waals surface area contributed by atoms with Crippen molar-refractivity contribution in [2.75, 3.05) is 19.1 Å². The Bertz CT molecular complexity index is 604. The van der Waals surface area contributed by atoms with Crippen molar-refractivity contribution in [2.24, 2.45) is 5.92 Å². The summed E-state index contributed by atoms with van der Waals surface area (Å²) in [6, 6.07) is 9.56. The number of amides is 1. The Kier molecular flexibility index (Phi) is 4.62. The molecule has 1 N–H and O–H groups in total. The van der Waals surface area contributed by atoms with Crippen LogP contribution in [0.15, 0.2) is 30.3 Å². The maximum absolute atomic E-state index is 12.2. The van der Waals surface area contributed by atoms with E-state index in [1.54, 1.807) is 19.1 Å². The van der Waals surface area contributed by atoms with Crippen LogP contribution < -0.4 is 9.64 Å². The van der Waals surface area contributed by atoms with Crippen LogP contribution in [0.5, 0.6) is 5.75 Å². The summed E-state index contributed by atoms with van der Waals surface area (Å²) in [7, 11) is 3.39. The van der Waals surface area contributed by atoms with Crippen LogP contribution in [0.4, 0.5) is 5.82 Å². The second-order valence-electron chi connectivity index (χ2n) is 5.07. The first-order valence-corrected chi connectivity index (χ1v) is 7.04. The van der Waals surface area contributed by atoms with Gasteiger partial charge in [0.2, 0.25) is 5.91 Å². The van der Waals surface area contributed by atoms with E-state index in [1.165, 1.54) is 0 Å². The molecule has 1 aromatic heterocycles. The minimum absolute atomic E-state index is 0.00358. The first-order chi connectivity index (χ1) is 10.1. The van der Waals surface area contributed by atoms with E-state index in [4.69, 9.17) is 4.74 Å². The zero-order valence-electron chi connectivity index (χ0n) is 12.9. The van der Waals surface area contributed by atoms with Gasteiger partial charge in [-0.05, 0) is 36.2 Å². The number of nitrogens with one attached hydrogen (secondary N) is 1.